The number of thiazole rings is 1. The standard InChI is InChI=1S/C18H19N5OS/c1-11-15(25-18(21-11)12-5-3-2-4-6-12)10-20-17(24)16-13-9-19-8-7-14(13)22-23-16/h2-6,19H,7-10H2,1H3,(H,20,24)(H,22,23). The predicted molar refractivity (Wildman–Crippen MR) is 97.5 cm³/mol. The monoisotopic (exact) mass is 353 g/mol. The van der Waals surface area contributed by atoms with Crippen molar-refractivity contribution in [2.75, 3.05) is 6.54 Å². The molecule has 1 amide bonds. The molecule has 2 aromatic heterocycles. The van der Waals surface area contributed by atoms with Crippen molar-refractivity contribution in [3.05, 3.63) is 57.9 Å². The first kappa shape index (κ1) is 16.0. The van der Waals surface area contributed by atoms with Gasteiger partial charge in [0.05, 0.1) is 12.2 Å². The van der Waals surface area contributed by atoms with E-state index >= 15 is 0 Å². The van der Waals surface area contributed by atoms with Crippen LogP contribution in [0.3, 0.4) is 0 Å². The van der Waals surface area contributed by atoms with Crippen molar-refractivity contribution in [3.63, 3.8) is 0 Å². The van der Waals surface area contributed by atoms with Gasteiger partial charge in [0.2, 0.25) is 0 Å². The van der Waals surface area contributed by atoms with E-state index in [1.54, 1.807) is 11.3 Å². The van der Waals surface area contributed by atoms with E-state index in [2.05, 4.69) is 25.8 Å². The lowest BCUT2D eigenvalue weighted by molar-refractivity contribution is 0.0945. The molecule has 0 radical (unpaired) electrons. The van der Waals surface area contributed by atoms with Gasteiger partial charge >= 0.3 is 0 Å². The summed E-state index contributed by atoms with van der Waals surface area (Å²) in [7, 11) is 0. The maximum absolute atomic E-state index is 12.5. The largest absolute Gasteiger partial charge is 0.346 e. The molecule has 1 aliphatic rings. The van der Waals surface area contributed by atoms with Crippen LogP contribution >= 0.6 is 11.3 Å². The molecule has 0 bridgehead atoms. The normalized spacial score (nSPS) is 13.5. The molecule has 3 heterocycles. The molecule has 3 N–H and O–H groups in total. The maximum atomic E-state index is 12.5. The molecule has 3 aromatic rings. The topological polar surface area (TPSA) is 82.7 Å². The number of benzene rings is 1. The molecule has 0 atom stereocenters. The minimum absolute atomic E-state index is 0.143. The molecule has 0 aliphatic carbocycles. The average Bonchev–Trinajstić information content (AvgIpc) is 3.24. The van der Waals surface area contributed by atoms with Gasteiger partial charge in [0.15, 0.2) is 5.69 Å². The van der Waals surface area contributed by atoms with Crippen LogP contribution in [0.5, 0.6) is 0 Å². The zero-order valence-electron chi connectivity index (χ0n) is 13.9. The molecule has 0 spiro atoms. The first-order valence-corrected chi connectivity index (χ1v) is 9.11. The Morgan fingerprint density at radius 1 is 1.32 bits per heavy atom. The van der Waals surface area contributed by atoms with Crippen LogP contribution in [0.25, 0.3) is 10.6 Å². The molecule has 1 aliphatic heterocycles. The fraction of sp³-hybridized carbons (Fsp3) is 0.278. The number of aryl methyl sites for hydroxylation is 1. The van der Waals surface area contributed by atoms with E-state index < -0.39 is 0 Å². The summed E-state index contributed by atoms with van der Waals surface area (Å²) in [4.78, 5) is 18.2. The Hall–Kier alpha value is -2.51. The number of aromatic amines is 1. The number of nitrogens with zero attached hydrogens (tertiary/aromatic N) is 2. The SMILES string of the molecule is Cc1nc(-c2ccccc2)sc1CNC(=O)c1n[nH]c2c1CNCC2. The van der Waals surface area contributed by atoms with Gasteiger partial charge in [-0.25, -0.2) is 4.98 Å². The zero-order valence-corrected chi connectivity index (χ0v) is 14.7. The lowest BCUT2D eigenvalue weighted by Gasteiger charge is -2.12. The lowest BCUT2D eigenvalue weighted by Crippen LogP contribution is -2.28. The smallest absolute Gasteiger partial charge is 0.272 e. The van der Waals surface area contributed by atoms with Gasteiger partial charge in [-0.2, -0.15) is 5.10 Å². The summed E-state index contributed by atoms with van der Waals surface area (Å²) in [5, 5.41) is 14.4. The number of nitrogens with one attached hydrogen (secondary N) is 3. The molecule has 0 saturated carbocycles. The quantitative estimate of drug-likeness (QED) is 0.673. The Balaban J connectivity index is 1.47. The third-order valence-electron chi connectivity index (χ3n) is 4.34. The summed E-state index contributed by atoms with van der Waals surface area (Å²) in [6.45, 7) is 4.04. The van der Waals surface area contributed by atoms with E-state index in [9.17, 15) is 4.79 Å². The molecule has 25 heavy (non-hydrogen) atoms. The van der Waals surface area contributed by atoms with Crippen LogP contribution < -0.4 is 10.6 Å². The molecule has 6 nitrogen and oxygen atoms in total. The Morgan fingerprint density at radius 3 is 3.00 bits per heavy atom. The van der Waals surface area contributed by atoms with Crippen molar-refractivity contribution in [1.29, 1.82) is 0 Å². The molecule has 0 saturated heterocycles. The molecule has 4 rings (SSSR count). The average molecular weight is 353 g/mol. The molecular formula is C18H19N5OS. The van der Waals surface area contributed by atoms with Crippen molar-refractivity contribution in [1.82, 2.24) is 25.8 Å². The lowest BCUT2D eigenvalue weighted by atomic mass is 10.1. The number of fused-ring (bicyclic) bond motifs is 1. The number of hydrogen-bond donors (Lipinski definition) is 3. The van der Waals surface area contributed by atoms with E-state index in [4.69, 9.17) is 0 Å². The fourth-order valence-electron chi connectivity index (χ4n) is 2.95. The molecular weight excluding hydrogens is 334 g/mol. The van der Waals surface area contributed by atoms with Gasteiger partial charge in [-0.05, 0) is 6.92 Å². The predicted octanol–water partition coefficient (Wildman–Crippen LogP) is 2.42. The molecule has 0 unspecified atom stereocenters. The van der Waals surface area contributed by atoms with Crippen LogP contribution in [0.4, 0.5) is 0 Å². The van der Waals surface area contributed by atoms with E-state index in [0.717, 1.165) is 45.4 Å². The van der Waals surface area contributed by atoms with Gasteiger partial charge in [-0.15, -0.1) is 11.3 Å². The minimum Gasteiger partial charge on any atom is -0.346 e. The van der Waals surface area contributed by atoms with Gasteiger partial charge in [-0.1, -0.05) is 30.3 Å². The summed E-state index contributed by atoms with van der Waals surface area (Å²) in [5.74, 6) is -0.143. The third kappa shape index (κ3) is 3.20. The van der Waals surface area contributed by atoms with Crippen molar-refractivity contribution in [3.8, 4) is 10.6 Å². The fourth-order valence-corrected chi connectivity index (χ4v) is 3.96. The number of hydrogen-bond acceptors (Lipinski definition) is 5. The highest BCUT2D eigenvalue weighted by atomic mass is 32.1. The van der Waals surface area contributed by atoms with E-state index in [1.165, 1.54) is 0 Å². The number of carbonyl (C=O) groups excluding carboxylic acids is 1. The zero-order chi connectivity index (χ0) is 17.2. The van der Waals surface area contributed by atoms with Crippen LogP contribution in [0.2, 0.25) is 0 Å². The van der Waals surface area contributed by atoms with E-state index in [-0.39, 0.29) is 5.91 Å². The first-order chi connectivity index (χ1) is 12.2. The number of H-pyrrole nitrogens is 1. The maximum Gasteiger partial charge on any atom is 0.272 e. The van der Waals surface area contributed by atoms with E-state index in [0.29, 0.717) is 18.8 Å². The van der Waals surface area contributed by atoms with Crippen LogP contribution in [0, 0.1) is 6.92 Å². The highest BCUT2D eigenvalue weighted by Crippen LogP contribution is 2.27. The van der Waals surface area contributed by atoms with Gasteiger partial charge in [0, 0.05) is 41.2 Å². The van der Waals surface area contributed by atoms with E-state index in [1.807, 2.05) is 37.3 Å². The number of rotatable bonds is 4. The Labute approximate surface area is 149 Å². The number of aromatic nitrogens is 3. The Kier molecular flexibility index (Phi) is 4.33. The van der Waals surface area contributed by atoms with Crippen LogP contribution in [-0.2, 0) is 19.5 Å². The van der Waals surface area contributed by atoms with Crippen LogP contribution in [-0.4, -0.2) is 27.6 Å². The molecule has 0 fully saturated rings. The summed E-state index contributed by atoms with van der Waals surface area (Å²) in [5.41, 5.74) is 4.59. The highest BCUT2D eigenvalue weighted by Gasteiger charge is 2.21. The summed E-state index contributed by atoms with van der Waals surface area (Å²) >= 11 is 1.61. The first-order valence-electron chi connectivity index (χ1n) is 8.29. The van der Waals surface area contributed by atoms with Gasteiger partial charge in [0.1, 0.15) is 5.01 Å². The number of carbonyl (C=O) groups is 1. The third-order valence-corrected chi connectivity index (χ3v) is 5.55. The van der Waals surface area contributed by atoms with Gasteiger partial charge in [0.25, 0.3) is 5.91 Å². The van der Waals surface area contributed by atoms with Crippen LogP contribution in [0.15, 0.2) is 30.3 Å². The second kappa shape index (κ2) is 6.78. The summed E-state index contributed by atoms with van der Waals surface area (Å²) in [6.07, 6.45) is 0.879. The second-order valence-electron chi connectivity index (χ2n) is 6.03. The van der Waals surface area contributed by atoms with Crippen molar-refractivity contribution in [2.45, 2.75) is 26.4 Å². The molecule has 1 aromatic carbocycles. The summed E-state index contributed by atoms with van der Waals surface area (Å²) < 4.78 is 0. The molecule has 7 heteroatoms. The number of amides is 1. The minimum atomic E-state index is -0.143. The Bertz CT molecular complexity index is 900. The Morgan fingerprint density at radius 2 is 2.16 bits per heavy atom. The van der Waals surface area contributed by atoms with Crippen molar-refractivity contribution in [2.24, 2.45) is 0 Å². The summed E-state index contributed by atoms with van der Waals surface area (Å²) in [6, 6.07) is 10.1. The highest BCUT2D eigenvalue weighted by molar-refractivity contribution is 7.15. The van der Waals surface area contributed by atoms with Crippen LogP contribution in [0.1, 0.15) is 32.3 Å². The van der Waals surface area contributed by atoms with Crippen molar-refractivity contribution >= 4 is 17.2 Å². The second-order valence-corrected chi connectivity index (χ2v) is 7.12. The molecule has 128 valence electrons. The van der Waals surface area contributed by atoms with Gasteiger partial charge < -0.3 is 10.6 Å². The van der Waals surface area contributed by atoms with Crippen molar-refractivity contribution < 1.29 is 4.79 Å². The van der Waals surface area contributed by atoms with Gasteiger partial charge in [-0.3, -0.25) is 9.89 Å².